The third-order valence-corrected chi connectivity index (χ3v) is 5.81. The summed E-state index contributed by atoms with van der Waals surface area (Å²) in [7, 11) is 3.19. The van der Waals surface area contributed by atoms with Gasteiger partial charge in [-0.3, -0.25) is 13.8 Å². The first-order valence-electron chi connectivity index (χ1n) is 9.95. The molecule has 7 nitrogen and oxygen atoms in total. The van der Waals surface area contributed by atoms with Crippen LogP contribution in [-0.2, 0) is 6.54 Å². The zero-order valence-corrected chi connectivity index (χ0v) is 18.2. The lowest BCUT2D eigenvalue weighted by molar-refractivity contribution is 0.395. The van der Waals surface area contributed by atoms with E-state index < -0.39 is 0 Å². The number of para-hydroxylation sites is 1. The molecule has 8 heteroatoms. The predicted octanol–water partition coefficient (Wildman–Crippen LogP) is 4.43. The third-order valence-electron chi connectivity index (χ3n) is 5.44. The molecule has 0 aliphatic rings. The van der Waals surface area contributed by atoms with Crippen LogP contribution in [0.4, 0.5) is 0 Å². The Bertz CT molecular complexity index is 1520. The monoisotopic (exact) mass is 446 g/mol. The summed E-state index contributed by atoms with van der Waals surface area (Å²) in [5.74, 6) is 2.23. The minimum atomic E-state index is -0.159. The molecular formula is C24H19ClN4O3. The second kappa shape index (κ2) is 8.01. The molecule has 0 atom stereocenters. The van der Waals surface area contributed by atoms with E-state index in [9.17, 15) is 4.79 Å². The lowest BCUT2D eigenvalue weighted by atomic mass is 10.1. The van der Waals surface area contributed by atoms with E-state index in [1.807, 2.05) is 52.9 Å². The van der Waals surface area contributed by atoms with E-state index in [1.165, 1.54) is 0 Å². The summed E-state index contributed by atoms with van der Waals surface area (Å²) in [4.78, 5) is 13.4. The van der Waals surface area contributed by atoms with E-state index in [-0.39, 0.29) is 12.1 Å². The second-order valence-electron chi connectivity index (χ2n) is 7.23. The van der Waals surface area contributed by atoms with Crippen molar-refractivity contribution in [1.29, 1.82) is 0 Å². The SMILES string of the molecule is COc1ccc(-c2nnc3n(Cc4ccccc4Cl)c(=O)c4ccccc4n23)c(OC)c1. The molecule has 160 valence electrons. The van der Waals surface area contributed by atoms with Gasteiger partial charge >= 0.3 is 0 Å². The number of rotatable bonds is 5. The summed E-state index contributed by atoms with van der Waals surface area (Å²) in [5.41, 5.74) is 2.10. The number of fused-ring (bicyclic) bond motifs is 3. The first kappa shape index (κ1) is 20.1. The number of benzene rings is 3. The molecule has 2 heterocycles. The largest absolute Gasteiger partial charge is 0.497 e. The summed E-state index contributed by atoms with van der Waals surface area (Å²) >= 11 is 6.38. The van der Waals surface area contributed by atoms with Crippen molar-refractivity contribution in [3.05, 3.63) is 87.7 Å². The van der Waals surface area contributed by atoms with Gasteiger partial charge in [-0.1, -0.05) is 41.9 Å². The van der Waals surface area contributed by atoms with Crippen molar-refractivity contribution >= 4 is 28.3 Å². The highest BCUT2D eigenvalue weighted by Crippen LogP contribution is 2.33. The molecule has 0 aliphatic carbocycles. The summed E-state index contributed by atoms with van der Waals surface area (Å²) in [5, 5.41) is 9.98. The Labute approximate surface area is 188 Å². The van der Waals surface area contributed by atoms with Gasteiger partial charge in [0.15, 0.2) is 5.82 Å². The average Bonchev–Trinajstić information content (AvgIpc) is 3.27. The lowest BCUT2D eigenvalue weighted by Crippen LogP contribution is -2.24. The quantitative estimate of drug-likeness (QED) is 0.399. The number of hydrogen-bond acceptors (Lipinski definition) is 5. The standard InChI is InChI=1S/C24H19ClN4O3/c1-31-16-11-12-18(21(13-16)32-2)22-26-27-24-28(14-15-7-3-5-9-19(15)25)23(30)17-8-4-6-10-20(17)29(22)24/h3-13H,14H2,1-2H3. The van der Waals surface area contributed by atoms with Crippen LogP contribution in [0.3, 0.4) is 0 Å². The Kier molecular flexibility index (Phi) is 5.03. The van der Waals surface area contributed by atoms with Crippen molar-refractivity contribution in [2.75, 3.05) is 14.2 Å². The van der Waals surface area contributed by atoms with Gasteiger partial charge in [-0.25, -0.2) is 0 Å². The average molecular weight is 447 g/mol. The molecular weight excluding hydrogens is 428 g/mol. The highest BCUT2D eigenvalue weighted by atomic mass is 35.5. The molecule has 0 radical (unpaired) electrons. The molecule has 5 aromatic rings. The van der Waals surface area contributed by atoms with Gasteiger partial charge in [-0.05, 0) is 35.9 Å². The van der Waals surface area contributed by atoms with E-state index >= 15 is 0 Å². The van der Waals surface area contributed by atoms with Crippen LogP contribution in [0.5, 0.6) is 11.5 Å². The predicted molar refractivity (Wildman–Crippen MR) is 124 cm³/mol. The topological polar surface area (TPSA) is 70.7 Å². The highest BCUT2D eigenvalue weighted by molar-refractivity contribution is 6.31. The zero-order chi connectivity index (χ0) is 22.2. The van der Waals surface area contributed by atoms with Crippen molar-refractivity contribution in [3.8, 4) is 22.9 Å². The fraction of sp³-hybridized carbons (Fsp3) is 0.125. The minimum Gasteiger partial charge on any atom is -0.497 e. The van der Waals surface area contributed by atoms with Gasteiger partial charge < -0.3 is 9.47 Å². The Morgan fingerprint density at radius 1 is 0.938 bits per heavy atom. The summed E-state index contributed by atoms with van der Waals surface area (Å²) in [6.07, 6.45) is 0. The zero-order valence-electron chi connectivity index (χ0n) is 17.4. The molecule has 0 N–H and O–H groups in total. The van der Waals surface area contributed by atoms with Gasteiger partial charge in [0, 0.05) is 11.1 Å². The molecule has 0 spiro atoms. The van der Waals surface area contributed by atoms with E-state index in [0.717, 1.165) is 11.1 Å². The van der Waals surface area contributed by atoms with Gasteiger partial charge in [0.05, 0.1) is 37.2 Å². The van der Waals surface area contributed by atoms with E-state index in [0.29, 0.717) is 39.0 Å². The van der Waals surface area contributed by atoms with Crippen LogP contribution in [0.2, 0.25) is 5.02 Å². The molecule has 3 aromatic carbocycles. The van der Waals surface area contributed by atoms with Crippen LogP contribution in [0.15, 0.2) is 71.5 Å². The van der Waals surface area contributed by atoms with Crippen LogP contribution in [0.25, 0.3) is 28.1 Å². The van der Waals surface area contributed by atoms with Crippen molar-refractivity contribution in [3.63, 3.8) is 0 Å². The van der Waals surface area contributed by atoms with Crippen molar-refractivity contribution in [2.24, 2.45) is 0 Å². The maximum atomic E-state index is 13.4. The molecule has 0 bridgehead atoms. The smallest absolute Gasteiger partial charge is 0.263 e. The minimum absolute atomic E-state index is 0.159. The number of aromatic nitrogens is 4. The first-order valence-corrected chi connectivity index (χ1v) is 10.3. The Hall–Kier alpha value is -3.84. The van der Waals surface area contributed by atoms with Gasteiger partial charge in [-0.2, -0.15) is 0 Å². The van der Waals surface area contributed by atoms with Gasteiger partial charge in [0.1, 0.15) is 11.5 Å². The van der Waals surface area contributed by atoms with E-state index in [4.69, 9.17) is 21.1 Å². The van der Waals surface area contributed by atoms with Crippen molar-refractivity contribution in [1.82, 2.24) is 19.2 Å². The highest BCUT2D eigenvalue weighted by Gasteiger charge is 2.20. The molecule has 0 fully saturated rings. The van der Waals surface area contributed by atoms with Crippen molar-refractivity contribution < 1.29 is 9.47 Å². The van der Waals surface area contributed by atoms with Crippen LogP contribution in [0, 0.1) is 0 Å². The Balaban J connectivity index is 1.83. The van der Waals surface area contributed by atoms with Gasteiger partial charge in [0.2, 0.25) is 5.78 Å². The van der Waals surface area contributed by atoms with Gasteiger partial charge in [-0.15, -0.1) is 10.2 Å². The van der Waals surface area contributed by atoms with Crippen LogP contribution >= 0.6 is 11.6 Å². The molecule has 0 unspecified atom stereocenters. The lowest BCUT2D eigenvalue weighted by Gasteiger charge is -2.13. The molecule has 0 aliphatic heterocycles. The van der Waals surface area contributed by atoms with Gasteiger partial charge in [0.25, 0.3) is 5.56 Å². The molecule has 2 aromatic heterocycles. The fourth-order valence-corrected chi connectivity index (χ4v) is 4.05. The first-order chi connectivity index (χ1) is 15.6. The van der Waals surface area contributed by atoms with E-state index in [2.05, 4.69) is 10.2 Å². The summed E-state index contributed by atoms with van der Waals surface area (Å²) in [6, 6.07) is 20.3. The normalized spacial score (nSPS) is 11.2. The summed E-state index contributed by atoms with van der Waals surface area (Å²) in [6.45, 7) is 0.269. The number of methoxy groups -OCH3 is 2. The number of halogens is 1. The second-order valence-corrected chi connectivity index (χ2v) is 7.63. The molecule has 0 saturated heterocycles. The van der Waals surface area contributed by atoms with Crippen molar-refractivity contribution in [2.45, 2.75) is 6.54 Å². The molecule has 32 heavy (non-hydrogen) atoms. The number of hydrogen-bond donors (Lipinski definition) is 0. The van der Waals surface area contributed by atoms with E-state index in [1.54, 1.807) is 37.0 Å². The number of nitrogens with zero attached hydrogens (tertiary/aromatic N) is 4. The Morgan fingerprint density at radius 2 is 1.72 bits per heavy atom. The maximum absolute atomic E-state index is 13.4. The fourth-order valence-electron chi connectivity index (χ4n) is 3.86. The summed E-state index contributed by atoms with van der Waals surface area (Å²) < 4.78 is 14.4. The Morgan fingerprint density at radius 3 is 2.50 bits per heavy atom. The van der Waals surface area contributed by atoms with Crippen LogP contribution < -0.4 is 15.0 Å². The third kappa shape index (κ3) is 3.18. The van der Waals surface area contributed by atoms with Crippen LogP contribution in [0.1, 0.15) is 5.56 Å². The molecule has 0 amide bonds. The molecule has 0 saturated carbocycles. The molecule has 5 rings (SSSR count). The maximum Gasteiger partial charge on any atom is 0.263 e. The number of ether oxygens (including phenoxy) is 2. The van der Waals surface area contributed by atoms with Crippen LogP contribution in [-0.4, -0.2) is 33.4 Å².